The fourth-order valence-corrected chi connectivity index (χ4v) is 2.88. The van der Waals surface area contributed by atoms with Crippen LogP contribution in [0.3, 0.4) is 0 Å². The lowest BCUT2D eigenvalue weighted by Crippen LogP contribution is -2.10. The molecule has 0 bridgehead atoms. The summed E-state index contributed by atoms with van der Waals surface area (Å²) in [5.41, 5.74) is 1.10. The van der Waals surface area contributed by atoms with Crippen LogP contribution in [0.25, 0.3) is 6.08 Å². The molecule has 0 amide bonds. The lowest BCUT2D eigenvalue weighted by Gasteiger charge is -2.09. The average Bonchev–Trinajstić information content (AvgIpc) is 2.83. The standard InChI is InChI=1S/C26H20O7/c1-17(27)21-16-20(25(29)31-2)12-14-23(21)32-24(28)15-13-18-8-6-7-11-22(18)33-26(30)19-9-4-3-5-10-19/h3-16H,1-2H3. The number of Topliss-reactive ketones (excluding diaryl/α,β-unsaturated/α-hetero) is 1. The summed E-state index contributed by atoms with van der Waals surface area (Å²) >= 11 is 0. The molecule has 0 spiro atoms. The van der Waals surface area contributed by atoms with Crippen LogP contribution in [0.5, 0.6) is 11.5 Å². The van der Waals surface area contributed by atoms with Crippen molar-refractivity contribution in [3.05, 3.63) is 101 Å². The van der Waals surface area contributed by atoms with Crippen molar-refractivity contribution in [2.24, 2.45) is 0 Å². The number of rotatable bonds is 7. The average molecular weight is 444 g/mol. The van der Waals surface area contributed by atoms with Gasteiger partial charge in [0, 0.05) is 11.6 Å². The summed E-state index contributed by atoms with van der Waals surface area (Å²) in [6.45, 7) is 1.29. The third kappa shape index (κ3) is 6.01. The van der Waals surface area contributed by atoms with Gasteiger partial charge < -0.3 is 14.2 Å². The second kappa shape index (κ2) is 10.7. The van der Waals surface area contributed by atoms with Crippen molar-refractivity contribution >= 4 is 29.8 Å². The number of carbonyl (C=O) groups excluding carboxylic acids is 4. The van der Waals surface area contributed by atoms with E-state index < -0.39 is 17.9 Å². The van der Waals surface area contributed by atoms with E-state index >= 15 is 0 Å². The molecular formula is C26H20O7. The van der Waals surface area contributed by atoms with Gasteiger partial charge >= 0.3 is 17.9 Å². The summed E-state index contributed by atoms with van der Waals surface area (Å²) in [6, 6.07) is 19.3. The largest absolute Gasteiger partial charge is 0.465 e. The topological polar surface area (TPSA) is 96.0 Å². The van der Waals surface area contributed by atoms with Crippen LogP contribution >= 0.6 is 0 Å². The summed E-state index contributed by atoms with van der Waals surface area (Å²) < 4.78 is 15.4. The molecule has 0 saturated heterocycles. The Bertz CT molecular complexity index is 1230. The maximum atomic E-state index is 12.4. The molecule has 3 rings (SSSR count). The van der Waals surface area contributed by atoms with Crippen molar-refractivity contribution in [3.63, 3.8) is 0 Å². The predicted molar refractivity (Wildman–Crippen MR) is 120 cm³/mol. The van der Waals surface area contributed by atoms with Gasteiger partial charge in [-0.25, -0.2) is 14.4 Å². The Morgan fingerprint density at radius 2 is 1.42 bits per heavy atom. The number of carbonyl (C=O) groups is 4. The summed E-state index contributed by atoms with van der Waals surface area (Å²) in [4.78, 5) is 48.3. The van der Waals surface area contributed by atoms with Crippen LogP contribution in [0, 0.1) is 0 Å². The maximum absolute atomic E-state index is 12.4. The van der Waals surface area contributed by atoms with Crippen LogP contribution in [-0.2, 0) is 9.53 Å². The van der Waals surface area contributed by atoms with Gasteiger partial charge in [0.15, 0.2) is 5.78 Å². The van der Waals surface area contributed by atoms with E-state index in [9.17, 15) is 19.2 Å². The molecule has 0 atom stereocenters. The van der Waals surface area contributed by atoms with Crippen LogP contribution in [0.1, 0.15) is 43.6 Å². The van der Waals surface area contributed by atoms with E-state index in [-0.39, 0.29) is 28.4 Å². The Kier molecular flexibility index (Phi) is 7.49. The van der Waals surface area contributed by atoms with Gasteiger partial charge in [0.2, 0.25) is 0 Å². The zero-order valence-corrected chi connectivity index (χ0v) is 17.9. The number of ether oxygens (including phenoxy) is 3. The van der Waals surface area contributed by atoms with Gasteiger partial charge in [0.25, 0.3) is 0 Å². The van der Waals surface area contributed by atoms with Crippen LogP contribution < -0.4 is 9.47 Å². The van der Waals surface area contributed by atoms with Crippen molar-refractivity contribution in [1.29, 1.82) is 0 Å². The normalized spacial score (nSPS) is 10.5. The molecule has 3 aromatic carbocycles. The number of benzene rings is 3. The summed E-state index contributed by atoms with van der Waals surface area (Å²) in [6.07, 6.45) is 2.58. The van der Waals surface area contributed by atoms with Crippen molar-refractivity contribution in [2.45, 2.75) is 6.92 Å². The highest BCUT2D eigenvalue weighted by Gasteiger charge is 2.16. The second-order valence-electron chi connectivity index (χ2n) is 6.81. The molecule has 0 unspecified atom stereocenters. The van der Waals surface area contributed by atoms with Gasteiger partial charge in [-0.2, -0.15) is 0 Å². The van der Waals surface area contributed by atoms with E-state index in [0.29, 0.717) is 11.1 Å². The van der Waals surface area contributed by atoms with Crippen molar-refractivity contribution in [2.75, 3.05) is 7.11 Å². The van der Waals surface area contributed by atoms with Crippen molar-refractivity contribution < 1.29 is 33.4 Å². The Hall–Kier alpha value is -4.52. The van der Waals surface area contributed by atoms with E-state index in [2.05, 4.69) is 4.74 Å². The minimum Gasteiger partial charge on any atom is -0.465 e. The summed E-state index contributed by atoms with van der Waals surface area (Å²) in [5, 5.41) is 0. The van der Waals surface area contributed by atoms with Gasteiger partial charge in [-0.1, -0.05) is 36.4 Å². The smallest absolute Gasteiger partial charge is 0.343 e. The Labute approximate surface area is 190 Å². The molecule has 0 radical (unpaired) electrons. The highest BCUT2D eigenvalue weighted by atomic mass is 16.5. The second-order valence-corrected chi connectivity index (χ2v) is 6.81. The SMILES string of the molecule is COC(=O)c1ccc(OC(=O)C=Cc2ccccc2OC(=O)c2ccccc2)c(C(C)=O)c1. The van der Waals surface area contributed by atoms with Crippen LogP contribution in [0.15, 0.2) is 78.9 Å². The Balaban J connectivity index is 1.76. The highest BCUT2D eigenvalue weighted by Crippen LogP contribution is 2.23. The molecular weight excluding hydrogens is 424 g/mol. The number of hydrogen-bond donors (Lipinski definition) is 0. The van der Waals surface area contributed by atoms with E-state index in [0.717, 1.165) is 6.08 Å². The lowest BCUT2D eigenvalue weighted by atomic mass is 10.1. The lowest BCUT2D eigenvalue weighted by molar-refractivity contribution is -0.128. The van der Waals surface area contributed by atoms with Gasteiger partial charge in [-0.3, -0.25) is 4.79 Å². The summed E-state index contributed by atoms with van der Waals surface area (Å²) in [7, 11) is 1.23. The number of esters is 3. The molecule has 7 nitrogen and oxygen atoms in total. The van der Waals surface area contributed by atoms with Gasteiger partial charge in [0.05, 0.1) is 23.8 Å². The molecule has 0 N–H and O–H groups in total. The van der Waals surface area contributed by atoms with Gasteiger partial charge in [-0.05, 0) is 49.4 Å². The molecule has 0 saturated carbocycles. The molecule has 3 aromatic rings. The third-order valence-corrected chi connectivity index (χ3v) is 4.52. The summed E-state index contributed by atoms with van der Waals surface area (Å²) in [5.74, 6) is -2.01. The molecule has 166 valence electrons. The first-order chi connectivity index (χ1) is 15.9. The molecule has 0 fully saturated rings. The highest BCUT2D eigenvalue weighted by molar-refractivity contribution is 6.01. The zero-order chi connectivity index (χ0) is 23.8. The Morgan fingerprint density at radius 1 is 0.727 bits per heavy atom. The molecule has 0 aliphatic rings. The monoisotopic (exact) mass is 444 g/mol. The maximum Gasteiger partial charge on any atom is 0.343 e. The van der Waals surface area contributed by atoms with Crippen molar-refractivity contribution in [1.82, 2.24) is 0 Å². The number of hydrogen-bond acceptors (Lipinski definition) is 7. The number of para-hydroxylation sites is 1. The number of ketones is 1. The van der Waals surface area contributed by atoms with Crippen LogP contribution in [-0.4, -0.2) is 30.8 Å². The zero-order valence-electron chi connectivity index (χ0n) is 17.9. The first-order valence-electron chi connectivity index (χ1n) is 9.88. The van der Waals surface area contributed by atoms with E-state index in [1.54, 1.807) is 54.6 Å². The predicted octanol–water partition coefficient (Wildman–Crippen LogP) is 4.51. The molecule has 0 aromatic heterocycles. The van der Waals surface area contributed by atoms with E-state index in [4.69, 9.17) is 9.47 Å². The van der Waals surface area contributed by atoms with Gasteiger partial charge in [0.1, 0.15) is 11.5 Å². The first-order valence-corrected chi connectivity index (χ1v) is 9.88. The molecule has 7 heteroatoms. The first kappa shape index (κ1) is 23.1. The molecule has 33 heavy (non-hydrogen) atoms. The molecule has 0 aliphatic heterocycles. The van der Waals surface area contributed by atoms with Crippen LogP contribution in [0.4, 0.5) is 0 Å². The quantitative estimate of drug-likeness (QED) is 0.229. The van der Waals surface area contributed by atoms with Crippen LogP contribution in [0.2, 0.25) is 0 Å². The fourth-order valence-electron chi connectivity index (χ4n) is 2.88. The molecule has 0 aliphatic carbocycles. The minimum absolute atomic E-state index is 0.00796. The van der Waals surface area contributed by atoms with Gasteiger partial charge in [-0.15, -0.1) is 0 Å². The van der Waals surface area contributed by atoms with E-state index in [1.807, 2.05) is 0 Å². The minimum atomic E-state index is -0.757. The third-order valence-electron chi connectivity index (χ3n) is 4.52. The fraction of sp³-hybridized carbons (Fsp3) is 0.0769. The molecule has 0 heterocycles. The van der Waals surface area contributed by atoms with Crippen molar-refractivity contribution in [3.8, 4) is 11.5 Å². The number of methoxy groups -OCH3 is 1. The van der Waals surface area contributed by atoms with E-state index in [1.165, 1.54) is 38.3 Å². The Morgan fingerprint density at radius 3 is 2.12 bits per heavy atom.